The van der Waals surface area contributed by atoms with Gasteiger partial charge in [-0.3, -0.25) is 0 Å². The molecule has 21 heavy (non-hydrogen) atoms. The first-order chi connectivity index (χ1) is 10.1. The lowest BCUT2D eigenvalue weighted by molar-refractivity contribution is -0.107. The summed E-state index contributed by atoms with van der Waals surface area (Å²) in [5.74, 6) is 2.96. The summed E-state index contributed by atoms with van der Waals surface area (Å²) in [6.07, 6.45) is 8.32. The van der Waals surface area contributed by atoms with Crippen molar-refractivity contribution >= 4 is 0 Å². The summed E-state index contributed by atoms with van der Waals surface area (Å²) in [7, 11) is 0. The van der Waals surface area contributed by atoms with Gasteiger partial charge in [0.25, 0.3) is 0 Å². The Balaban J connectivity index is 1.43. The van der Waals surface area contributed by atoms with Crippen molar-refractivity contribution in [2.24, 2.45) is 23.2 Å². The molecule has 0 aromatic carbocycles. The van der Waals surface area contributed by atoms with Crippen LogP contribution in [-0.2, 0) is 4.74 Å². The van der Waals surface area contributed by atoms with E-state index in [0.29, 0.717) is 12.0 Å². The number of nitrogens with zero attached hydrogens (tertiary/aromatic N) is 1. The molecule has 0 aromatic rings. The molecule has 0 radical (unpaired) electrons. The van der Waals surface area contributed by atoms with Gasteiger partial charge in [-0.25, -0.2) is 0 Å². The maximum atomic E-state index is 10.1. The summed E-state index contributed by atoms with van der Waals surface area (Å²) < 4.78 is 5.99. The van der Waals surface area contributed by atoms with E-state index in [-0.39, 0.29) is 6.10 Å². The Morgan fingerprint density at radius 2 is 1.57 bits per heavy atom. The van der Waals surface area contributed by atoms with Gasteiger partial charge in [0, 0.05) is 6.54 Å². The molecule has 0 amide bonds. The Hall–Kier alpha value is -0.120. The van der Waals surface area contributed by atoms with Gasteiger partial charge in [0.2, 0.25) is 0 Å². The molecular formula is C18H33NO2. The van der Waals surface area contributed by atoms with Crippen LogP contribution in [0, 0.1) is 23.2 Å². The van der Waals surface area contributed by atoms with Crippen LogP contribution in [0.15, 0.2) is 0 Å². The van der Waals surface area contributed by atoms with Gasteiger partial charge in [-0.05, 0) is 74.8 Å². The Bertz CT molecular complexity index is 305. The number of hydrogen-bond donors (Lipinski definition) is 1. The van der Waals surface area contributed by atoms with Crippen LogP contribution in [0.4, 0.5) is 0 Å². The highest BCUT2D eigenvalue weighted by atomic mass is 16.5. The smallest absolute Gasteiger partial charge is 0.0900 e. The number of aliphatic hydroxyl groups is 1. The average Bonchev–Trinajstić information content (AvgIpc) is 2.43. The maximum absolute atomic E-state index is 10.1. The summed E-state index contributed by atoms with van der Waals surface area (Å²) in [5, 5.41) is 10.1. The van der Waals surface area contributed by atoms with Crippen molar-refractivity contribution < 1.29 is 9.84 Å². The quantitative estimate of drug-likeness (QED) is 0.747. The Morgan fingerprint density at radius 1 is 1.05 bits per heavy atom. The molecule has 3 heteroatoms. The van der Waals surface area contributed by atoms with Gasteiger partial charge in [0.15, 0.2) is 0 Å². The molecule has 1 atom stereocenters. The second kappa shape index (κ2) is 6.55. The van der Waals surface area contributed by atoms with Crippen molar-refractivity contribution in [1.82, 2.24) is 4.90 Å². The summed E-state index contributed by atoms with van der Waals surface area (Å²) >= 11 is 0. The minimum absolute atomic E-state index is 0.334. The summed E-state index contributed by atoms with van der Waals surface area (Å²) in [6.45, 7) is 8.45. The van der Waals surface area contributed by atoms with E-state index in [4.69, 9.17) is 4.74 Å². The van der Waals surface area contributed by atoms with Crippen molar-refractivity contribution in [2.45, 2.75) is 58.5 Å². The second-order valence-electron chi connectivity index (χ2n) is 8.07. The molecule has 4 aliphatic rings. The molecule has 4 fully saturated rings. The Kier molecular flexibility index (Phi) is 4.92. The van der Waals surface area contributed by atoms with Crippen LogP contribution in [0.1, 0.15) is 52.4 Å². The SMILES string of the molecule is CCN(CC)CC(O)COCC12CC3CC(CC(C3)C1)C2. The molecule has 4 aliphatic carbocycles. The molecule has 0 aromatic heterocycles. The third kappa shape index (κ3) is 3.62. The third-order valence-corrected chi connectivity index (χ3v) is 6.25. The molecule has 4 saturated carbocycles. The fraction of sp³-hybridized carbons (Fsp3) is 1.00. The van der Waals surface area contributed by atoms with E-state index in [1.54, 1.807) is 0 Å². The highest BCUT2D eigenvalue weighted by molar-refractivity contribution is 5.01. The molecule has 0 saturated heterocycles. The van der Waals surface area contributed by atoms with Gasteiger partial charge in [0.05, 0.1) is 19.3 Å². The van der Waals surface area contributed by atoms with Crippen LogP contribution in [-0.4, -0.2) is 49.0 Å². The Labute approximate surface area is 130 Å². The predicted octanol–water partition coefficient (Wildman–Crippen LogP) is 2.92. The van der Waals surface area contributed by atoms with Crippen LogP contribution in [0.25, 0.3) is 0 Å². The fourth-order valence-corrected chi connectivity index (χ4v) is 5.71. The lowest BCUT2D eigenvalue weighted by Crippen LogP contribution is -2.48. The molecule has 122 valence electrons. The normalized spacial score (nSPS) is 39.1. The highest BCUT2D eigenvalue weighted by Crippen LogP contribution is 2.59. The average molecular weight is 295 g/mol. The lowest BCUT2D eigenvalue weighted by atomic mass is 9.50. The zero-order valence-corrected chi connectivity index (χ0v) is 13.9. The second-order valence-corrected chi connectivity index (χ2v) is 8.07. The summed E-state index contributed by atoms with van der Waals surface area (Å²) in [5.41, 5.74) is 0.476. The zero-order valence-electron chi connectivity index (χ0n) is 13.9. The van der Waals surface area contributed by atoms with Crippen molar-refractivity contribution in [3.63, 3.8) is 0 Å². The predicted molar refractivity (Wildman–Crippen MR) is 85.2 cm³/mol. The van der Waals surface area contributed by atoms with E-state index >= 15 is 0 Å². The van der Waals surface area contributed by atoms with Gasteiger partial charge >= 0.3 is 0 Å². The maximum Gasteiger partial charge on any atom is 0.0900 e. The van der Waals surface area contributed by atoms with Gasteiger partial charge in [0.1, 0.15) is 0 Å². The van der Waals surface area contributed by atoms with Gasteiger partial charge in [-0.1, -0.05) is 13.8 Å². The van der Waals surface area contributed by atoms with Gasteiger partial charge < -0.3 is 14.7 Å². The first-order valence-corrected chi connectivity index (χ1v) is 9.10. The molecule has 1 unspecified atom stereocenters. The standard InChI is InChI=1S/C18H33NO2/c1-3-19(4-2)11-17(20)12-21-13-18-8-14-5-15(9-18)7-16(6-14)10-18/h14-17,20H,3-13H2,1-2H3. The van der Waals surface area contributed by atoms with Crippen molar-refractivity contribution in [2.75, 3.05) is 32.8 Å². The molecule has 0 heterocycles. The third-order valence-electron chi connectivity index (χ3n) is 6.25. The van der Waals surface area contributed by atoms with Crippen molar-refractivity contribution in [3.8, 4) is 0 Å². The monoisotopic (exact) mass is 295 g/mol. The first kappa shape index (κ1) is 15.8. The molecule has 0 spiro atoms. The topological polar surface area (TPSA) is 32.7 Å². The van der Waals surface area contributed by atoms with Gasteiger partial charge in [-0.2, -0.15) is 0 Å². The Morgan fingerprint density at radius 3 is 2.05 bits per heavy atom. The molecular weight excluding hydrogens is 262 g/mol. The largest absolute Gasteiger partial charge is 0.389 e. The highest BCUT2D eigenvalue weighted by Gasteiger charge is 2.50. The fourth-order valence-electron chi connectivity index (χ4n) is 5.71. The number of aliphatic hydroxyl groups excluding tert-OH is 1. The number of hydrogen-bond acceptors (Lipinski definition) is 3. The van der Waals surface area contributed by atoms with E-state index in [0.717, 1.165) is 44.0 Å². The molecule has 4 bridgehead atoms. The van der Waals surface area contributed by atoms with Crippen molar-refractivity contribution in [1.29, 1.82) is 0 Å². The van der Waals surface area contributed by atoms with E-state index in [9.17, 15) is 5.11 Å². The number of rotatable bonds is 8. The van der Waals surface area contributed by atoms with E-state index in [1.165, 1.54) is 38.5 Å². The van der Waals surface area contributed by atoms with E-state index in [1.807, 2.05) is 0 Å². The van der Waals surface area contributed by atoms with E-state index in [2.05, 4.69) is 18.7 Å². The summed E-state index contributed by atoms with van der Waals surface area (Å²) in [4.78, 5) is 2.26. The molecule has 4 rings (SSSR count). The van der Waals surface area contributed by atoms with Crippen LogP contribution in [0.5, 0.6) is 0 Å². The zero-order chi connectivity index (χ0) is 14.9. The first-order valence-electron chi connectivity index (χ1n) is 9.10. The lowest BCUT2D eigenvalue weighted by Gasteiger charge is -2.56. The van der Waals surface area contributed by atoms with Crippen LogP contribution in [0.3, 0.4) is 0 Å². The minimum atomic E-state index is -0.334. The van der Waals surface area contributed by atoms with Gasteiger partial charge in [-0.15, -0.1) is 0 Å². The molecule has 3 nitrogen and oxygen atoms in total. The van der Waals surface area contributed by atoms with Crippen molar-refractivity contribution in [3.05, 3.63) is 0 Å². The molecule has 1 N–H and O–H groups in total. The molecule has 0 aliphatic heterocycles. The summed E-state index contributed by atoms with van der Waals surface area (Å²) in [6, 6.07) is 0. The number of ether oxygens (including phenoxy) is 1. The van der Waals surface area contributed by atoms with Crippen LogP contribution < -0.4 is 0 Å². The van der Waals surface area contributed by atoms with E-state index < -0.39 is 0 Å². The minimum Gasteiger partial charge on any atom is -0.389 e. The number of likely N-dealkylation sites (N-methyl/N-ethyl adjacent to an activating group) is 1. The van der Waals surface area contributed by atoms with Crippen LogP contribution in [0.2, 0.25) is 0 Å². The van der Waals surface area contributed by atoms with Crippen LogP contribution >= 0.6 is 0 Å².